The molecule has 0 radical (unpaired) electrons. The van der Waals surface area contributed by atoms with Gasteiger partial charge in [0.15, 0.2) is 0 Å². The highest BCUT2D eigenvalue weighted by molar-refractivity contribution is 8.02. The molecule has 2 rings (SSSR count). The first-order chi connectivity index (χ1) is 11.0. The van der Waals surface area contributed by atoms with Gasteiger partial charge in [-0.2, -0.15) is 5.26 Å². The highest BCUT2D eigenvalue weighted by atomic mass is 32.2. The third kappa shape index (κ3) is 3.22. The number of allylic oxidation sites excluding steroid dienone is 1. The number of nitriles is 1. The van der Waals surface area contributed by atoms with Gasteiger partial charge in [-0.25, -0.2) is 4.39 Å². The van der Waals surface area contributed by atoms with Crippen molar-refractivity contribution in [2.45, 2.75) is 12.8 Å². The molecule has 0 bridgehead atoms. The van der Waals surface area contributed by atoms with E-state index in [4.69, 9.17) is 4.74 Å². The van der Waals surface area contributed by atoms with Gasteiger partial charge in [0, 0.05) is 5.92 Å². The van der Waals surface area contributed by atoms with Gasteiger partial charge in [0.2, 0.25) is 5.91 Å². The predicted molar refractivity (Wildman–Crippen MR) is 83.6 cm³/mol. The summed E-state index contributed by atoms with van der Waals surface area (Å²) in [5.41, 5.74) is 0.281. The van der Waals surface area contributed by atoms with E-state index in [2.05, 4.69) is 5.32 Å². The number of carbonyl (C=O) groups excluding carboxylic acids is 2. The number of rotatable bonds is 4. The van der Waals surface area contributed by atoms with Crippen molar-refractivity contribution < 1.29 is 18.7 Å². The number of esters is 1. The van der Waals surface area contributed by atoms with Crippen molar-refractivity contribution in [2.75, 3.05) is 12.9 Å². The minimum Gasteiger partial charge on any atom is -0.465 e. The zero-order chi connectivity index (χ0) is 17.0. The lowest BCUT2D eigenvalue weighted by atomic mass is 9.78. The summed E-state index contributed by atoms with van der Waals surface area (Å²) < 4.78 is 19.2. The maximum absolute atomic E-state index is 14.2. The normalized spacial score (nSPS) is 20.7. The van der Waals surface area contributed by atoms with Crippen molar-refractivity contribution in [3.63, 3.8) is 0 Å². The van der Waals surface area contributed by atoms with Crippen LogP contribution in [0.4, 0.5) is 4.39 Å². The molecule has 5 nitrogen and oxygen atoms in total. The number of nitrogens with zero attached hydrogens (tertiary/aromatic N) is 1. The molecular formula is C16H15FN2O3S. The molecule has 120 valence electrons. The highest BCUT2D eigenvalue weighted by Crippen LogP contribution is 2.40. The van der Waals surface area contributed by atoms with E-state index >= 15 is 0 Å². The van der Waals surface area contributed by atoms with Gasteiger partial charge in [0.05, 0.1) is 23.3 Å². The van der Waals surface area contributed by atoms with Crippen LogP contribution >= 0.6 is 11.8 Å². The van der Waals surface area contributed by atoms with Gasteiger partial charge in [0.1, 0.15) is 11.7 Å². The molecule has 0 aromatic heterocycles. The zero-order valence-electron chi connectivity index (χ0n) is 12.6. The van der Waals surface area contributed by atoms with Gasteiger partial charge in [-0.1, -0.05) is 18.2 Å². The van der Waals surface area contributed by atoms with Crippen LogP contribution in [0.1, 0.15) is 18.4 Å². The number of halogens is 1. The Morgan fingerprint density at radius 1 is 1.48 bits per heavy atom. The second kappa shape index (κ2) is 7.29. The molecule has 1 aliphatic rings. The monoisotopic (exact) mass is 334 g/mol. The number of carbonyl (C=O) groups is 2. The molecule has 0 saturated heterocycles. The molecule has 7 heteroatoms. The summed E-state index contributed by atoms with van der Waals surface area (Å²) in [6, 6.07) is 7.81. The van der Waals surface area contributed by atoms with E-state index in [0.717, 1.165) is 11.8 Å². The van der Waals surface area contributed by atoms with E-state index in [1.165, 1.54) is 18.2 Å². The van der Waals surface area contributed by atoms with E-state index < -0.39 is 29.5 Å². The Morgan fingerprint density at radius 3 is 2.74 bits per heavy atom. The molecule has 1 aliphatic heterocycles. The number of benzene rings is 1. The first kappa shape index (κ1) is 17.0. The van der Waals surface area contributed by atoms with Crippen LogP contribution in [0.3, 0.4) is 0 Å². The zero-order valence-corrected chi connectivity index (χ0v) is 13.4. The van der Waals surface area contributed by atoms with Gasteiger partial charge >= 0.3 is 5.97 Å². The van der Waals surface area contributed by atoms with Crippen LogP contribution in [0.25, 0.3) is 0 Å². The van der Waals surface area contributed by atoms with Crippen LogP contribution in [0.5, 0.6) is 0 Å². The minimum absolute atomic E-state index is 0.0909. The molecule has 1 amide bonds. The Hall–Kier alpha value is -2.33. The maximum Gasteiger partial charge on any atom is 0.319 e. The molecule has 0 fully saturated rings. The smallest absolute Gasteiger partial charge is 0.319 e. The summed E-state index contributed by atoms with van der Waals surface area (Å²) >= 11 is 1.16. The van der Waals surface area contributed by atoms with Gasteiger partial charge in [-0.3, -0.25) is 9.59 Å². The van der Waals surface area contributed by atoms with Crippen LogP contribution < -0.4 is 5.32 Å². The first-order valence-corrected chi connectivity index (χ1v) is 8.17. The molecule has 1 aromatic rings. The van der Waals surface area contributed by atoms with Crippen molar-refractivity contribution >= 4 is 23.6 Å². The number of nitrogens with one attached hydrogen (secondary N) is 1. The Morgan fingerprint density at radius 2 is 2.17 bits per heavy atom. The lowest BCUT2D eigenvalue weighted by molar-refractivity contribution is -0.152. The Labute approximate surface area is 137 Å². The standard InChI is InChI=1S/C16H15FN2O3S/c1-3-22-16(21)13-12(9-6-4-5-7-11(9)17)10(8-18)15(23-2)19-14(13)20/h4-7,12-13H,3H2,1-2H3,(H,19,20)/t12-,13+/m0/s1. The van der Waals surface area contributed by atoms with Crippen molar-refractivity contribution in [3.8, 4) is 6.07 Å². The van der Waals surface area contributed by atoms with Crippen molar-refractivity contribution in [2.24, 2.45) is 5.92 Å². The SMILES string of the molecule is CCOC(=O)[C@H]1C(=O)NC(SC)=C(C#N)[C@@H]1c1ccccc1F. The molecule has 1 aromatic carbocycles. The van der Waals surface area contributed by atoms with E-state index in [1.807, 2.05) is 6.07 Å². The fourth-order valence-electron chi connectivity index (χ4n) is 2.54. The third-order valence-corrected chi connectivity index (χ3v) is 4.24. The van der Waals surface area contributed by atoms with Crippen LogP contribution in [0, 0.1) is 23.1 Å². The molecular weight excluding hydrogens is 319 g/mol. The Balaban J connectivity index is 2.64. The van der Waals surface area contributed by atoms with Crippen molar-refractivity contribution in [1.29, 1.82) is 5.26 Å². The average Bonchev–Trinajstić information content (AvgIpc) is 2.54. The Kier molecular flexibility index (Phi) is 5.40. The van der Waals surface area contributed by atoms with Crippen LogP contribution in [0.2, 0.25) is 0 Å². The van der Waals surface area contributed by atoms with E-state index in [9.17, 15) is 19.2 Å². The van der Waals surface area contributed by atoms with E-state index in [-0.39, 0.29) is 17.7 Å². The quantitative estimate of drug-likeness (QED) is 0.675. The van der Waals surface area contributed by atoms with E-state index in [0.29, 0.717) is 5.03 Å². The number of amides is 1. The molecule has 1 N–H and O–H groups in total. The minimum atomic E-state index is -1.29. The lowest BCUT2D eigenvalue weighted by Crippen LogP contribution is -2.44. The maximum atomic E-state index is 14.2. The lowest BCUT2D eigenvalue weighted by Gasteiger charge is -2.30. The largest absolute Gasteiger partial charge is 0.465 e. The van der Waals surface area contributed by atoms with E-state index in [1.54, 1.807) is 19.2 Å². The van der Waals surface area contributed by atoms with Crippen LogP contribution in [0.15, 0.2) is 34.9 Å². The number of ether oxygens (including phenoxy) is 1. The fourth-order valence-corrected chi connectivity index (χ4v) is 3.13. The number of hydrogen-bond donors (Lipinski definition) is 1. The molecule has 2 atom stereocenters. The van der Waals surface area contributed by atoms with Gasteiger partial charge in [-0.15, -0.1) is 11.8 Å². The average molecular weight is 334 g/mol. The molecule has 0 spiro atoms. The molecule has 23 heavy (non-hydrogen) atoms. The van der Waals surface area contributed by atoms with Crippen LogP contribution in [-0.2, 0) is 14.3 Å². The topological polar surface area (TPSA) is 79.2 Å². The summed E-state index contributed by atoms with van der Waals surface area (Å²) in [7, 11) is 0. The molecule has 0 aliphatic carbocycles. The number of hydrogen-bond acceptors (Lipinski definition) is 5. The predicted octanol–water partition coefficient (Wildman–Crippen LogP) is 2.32. The molecule has 0 unspecified atom stereocenters. The fraction of sp³-hybridized carbons (Fsp3) is 0.312. The second-order valence-electron chi connectivity index (χ2n) is 4.78. The summed E-state index contributed by atoms with van der Waals surface area (Å²) in [5, 5.41) is 12.3. The van der Waals surface area contributed by atoms with Gasteiger partial charge in [-0.05, 0) is 24.8 Å². The molecule has 0 saturated carbocycles. The van der Waals surface area contributed by atoms with Crippen molar-refractivity contribution in [3.05, 3.63) is 46.2 Å². The highest BCUT2D eigenvalue weighted by Gasteiger charge is 2.45. The summed E-state index contributed by atoms with van der Waals surface area (Å²) in [5.74, 6) is -4.24. The van der Waals surface area contributed by atoms with Crippen LogP contribution in [-0.4, -0.2) is 24.7 Å². The summed E-state index contributed by atoms with van der Waals surface area (Å²) in [4.78, 5) is 24.6. The summed E-state index contributed by atoms with van der Waals surface area (Å²) in [6.07, 6.45) is 1.69. The number of thioether (sulfide) groups is 1. The van der Waals surface area contributed by atoms with Gasteiger partial charge < -0.3 is 10.1 Å². The second-order valence-corrected chi connectivity index (χ2v) is 5.59. The summed E-state index contributed by atoms with van der Waals surface area (Å²) in [6.45, 7) is 1.71. The first-order valence-electron chi connectivity index (χ1n) is 6.95. The molecule has 1 heterocycles. The third-order valence-electron chi connectivity index (χ3n) is 3.51. The Bertz CT molecular complexity index is 712. The van der Waals surface area contributed by atoms with Crippen molar-refractivity contribution in [1.82, 2.24) is 5.32 Å². The van der Waals surface area contributed by atoms with Gasteiger partial charge in [0.25, 0.3) is 0 Å².